The monoisotopic (exact) mass is 625 g/mol. The number of hydrogen-bond donors (Lipinski definition) is 0. The minimum Gasteiger partial charge on any atom is -0.335 e. The predicted octanol–water partition coefficient (Wildman–Crippen LogP) is 6.79. The molecule has 2 aromatic carbocycles. The first-order chi connectivity index (χ1) is 19.3. The van der Waals surface area contributed by atoms with E-state index in [9.17, 15) is 18.0 Å². The molecule has 1 fully saturated rings. The highest BCUT2D eigenvalue weighted by molar-refractivity contribution is 9.10. The van der Waals surface area contributed by atoms with Crippen molar-refractivity contribution in [1.82, 2.24) is 24.4 Å². The maximum Gasteiger partial charge on any atom is 0.433 e. The fourth-order valence-corrected chi connectivity index (χ4v) is 6.29. The quantitative estimate of drug-likeness (QED) is 0.216. The summed E-state index contributed by atoms with van der Waals surface area (Å²) in [5, 5.41) is 5.88. The van der Waals surface area contributed by atoms with E-state index in [4.69, 9.17) is 0 Å². The highest BCUT2D eigenvalue weighted by atomic mass is 79.9. The largest absolute Gasteiger partial charge is 0.433 e. The van der Waals surface area contributed by atoms with Crippen LogP contribution in [0.5, 0.6) is 0 Å². The summed E-state index contributed by atoms with van der Waals surface area (Å²) in [4.78, 5) is 22.6. The van der Waals surface area contributed by atoms with Gasteiger partial charge in [-0.2, -0.15) is 18.3 Å². The van der Waals surface area contributed by atoms with Gasteiger partial charge in [-0.15, -0.1) is 11.3 Å². The lowest BCUT2D eigenvalue weighted by Gasteiger charge is -2.39. The van der Waals surface area contributed by atoms with Crippen LogP contribution in [0.1, 0.15) is 33.4 Å². The van der Waals surface area contributed by atoms with Crippen LogP contribution in [0.4, 0.5) is 13.2 Å². The Balaban J connectivity index is 1.28. The molecule has 0 aliphatic carbocycles. The highest BCUT2D eigenvalue weighted by Gasteiger charge is 2.37. The van der Waals surface area contributed by atoms with Crippen molar-refractivity contribution in [1.29, 1.82) is 0 Å². The Kier molecular flexibility index (Phi) is 7.20. The van der Waals surface area contributed by atoms with Crippen LogP contribution in [0.2, 0.25) is 0 Å². The lowest BCUT2D eigenvalue weighted by atomic mass is 9.96. The van der Waals surface area contributed by atoms with Crippen molar-refractivity contribution in [3.63, 3.8) is 0 Å². The molecule has 1 aliphatic rings. The van der Waals surface area contributed by atoms with Gasteiger partial charge in [0.05, 0.1) is 21.1 Å². The van der Waals surface area contributed by atoms with E-state index >= 15 is 0 Å². The van der Waals surface area contributed by atoms with Gasteiger partial charge in [-0.1, -0.05) is 66.7 Å². The van der Waals surface area contributed by atoms with E-state index in [1.807, 2.05) is 36.4 Å². The lowest BCUT2D eigenvalue weighted by Crippen LogP contribution is -2.50. The number of alkyl halides is 3. The van der Waals surface area contributed by atoms with Crippen LogP contribution in [-0.2, 0) is 6.18 Å². The van der Waals surface area contributed by atoms with Gasteiger partial charge in [0.25, 0.3) is 5.91 Å². The number of thiophene rings is 1. The summed E-state index contributed by atoms with van der Waals surface area (Å²) in [7, 11) is 0. The molecule has 1 aliphatic heterocycles. The van der Waals surface area contributed by atoms with E-state index in [0.717, 1.165) is 17.2 Å². The molecule has 0 unspecified atom stereocenters. The molecule has 11 heteroatoms. The molecule has 0 atom stereocenters. The fraction of sp³-hybridized carbons (Fsp3) is 0.207. The topological polar surface area (TPSA) is 53.7 Å². The molecular weight excluding hydrogens is 603 g/mol. The summed E-state index contributed by atoms with van der Waals surface area (Å²) in [5.74, 6) is -0.432. The smallest absolute Gasteiger partial charge is 0.335 e. The van der Waals surface area contributed by atoms with Gasteiger partial charge in [-0.05, 0) is 44.6 Å². The van der Waals surface area contributed by atoms with Crippen molar-refractivity contribution in [3.05, 3.63) is 111 Å². The molecule has 1 amide bonds. The summed E-state index contributed by atoms with van der Waals surface area (Å²) in [6.07, 6.45) is -4.69. The molecule has 4 heterocycles. The van der Waals surface area contributed by atoms with Crippen LogP contribution in [0.25, 0.3) is 16.2 Å². The Morgan fingerprint density at radius 2 is 1.52 bits per heavy atom. The zero-order chi connectivity index (χ0) is 27.9. The Bertz CT molecular complexity index is 1590. The van der Waals surface area contributed by atoms with Crippen LogP contribution in [0.15, 0.2) is 88.7 Å². The SMILES string of the molecule is O=C(c1nn2c(C(F)(F)F)cc(-c3cccs3)nc2c1Br)N1CCN(C(c2ccccc2)c2ccccc2)CC1. The van der Waals surface area contributed by atoms with Crippen molar-refractivity contribution in [2.75, 3.05) is 26.2 Å². The number of amides is 1. The van der Waals surface area contributed by atoms with E-state index in [-0.39, 0.29) is 27.5 Å². The molecule has 0 radical (unpaired) electrons. The first-order valence-electron chi connectivity index (χ1n) is 12.6. The van der Waals surface area contributed by atoms with Crippen LogP contribution in [0.3, 0.4) is 0 Å². The third-order valence-electron chi connectivity index (χ3n) is 7.00. The normalized spacial score (nSPS) is 14.8. The molecule has 6 nitrogen and oxygen atoms in total. The van der Waals surface area contributed by atoms with Crippen LogP contribution in [0, 0.1) is 0 Å². The second-order valence-electron chi connectivity index (χ2n) is 9.45. The summed E-state index contributed by atoms with van der Waals surface area (Å²) >= 11 is 4.64. The standard InChI is InChI=1S/C29H23BrF3N5OS/c30-24-25(35-38-23(29(31,32)33)18-21(34-27(24)38)22-12-7-17-40-22)28(39)37-15-13-36(14-16-37)26(19-8-3-1-4-9-19)20-10-5-2-6-11-20/h1-12,17-18,26H,13-16H2. The fourth-order valence-electron chi connectivity index (χ4n) is 5.10. The summed E-state index contributed by atoms with van der Waals surface area (Å²) < 4.78 is 43.0. The molecule has 1 saturated heterocycles. The number of halogens is 4. The number of nitrogens with zero attached hydrogens (tertiary/aromatic N) is 5. The molecule has 0 N–H and O–H groups in total. The maximum atomic E-state index is 14.0. The first-order valence-corrected chi connectivity index (χ1v) is 14.3. The summed E-state index contributed by atoms with van der Waals surface area (Å²) in [6.45, 7) is 2.02. The van der Waals surface area contributed by atoms with Gasteiger partial charge < -0.3 is 4.90 Å². The molecular formula is C29H23BrF3N5OS. The first kappa shape index (κ1) is 26.7. The number of piperazine rings is 1. The van der Waals surface area contributed by atoms with Crippen molar-refractivity contribution in [2.24, 2.45) is 0 Å². The van der Waals surface area contributed by atoms with Crippen molar-refractivity contribution < 1.29 is 18.0 Å². The Hall–Kier alpha value is -3.54. The summed E-state index contributed by atoms with van der Waals surface area (Å²) in [5.41, 5.74) is 1.37. The van der Waals surface area contributed by atoms with E-state index < -0.39 is 17.8 Å². The zero-order valence-electron chi connectivity index (χ0n) is 21.1. The third-order valence-corrected chi connectivity index (χ3v) is 8.62. The minimum atomic E-state index is -4.69. The van der Waals surface area contributed by atoms with Crippen LogP contribution < -0.4 is 0 Å². The average Bonchev–Trinajstić information content (AvgIpc) is 3.62. The Morgan fingerprint density at radius 1 is 0.900 bits per heavy atom. The van der Waals surface area contributed by atoms with Crippen molar-refractivity contribution in [2.45, 2.75) is 12.2 Å². The molecule has 40 heavy (non-hydrogen) atoms. The number of rotatable bonds is 5. The zero-order valence-corrected chi connectivity index (χ0v) is 23.5. The van der Waals surface area contributed by atoms with E-state index in [1.165, 1.54) is 11.3 Å². The van der Waals surface area contributed by atoms with Gasteiger partial charge in [0, 0.05) is 26.2 Å². The number of carbonyl (C=O) groups excluding carboxylic acids is 1. The Morgan fingerprint density at radius 3 is 2.08 bits per heavy atom. The average molecular weight is 627 g/mol. The van der Waals surface area contributed by atoms with Gasteiger partial charge in [-0.3, -0.25) is 9.69 Å². The molecule has 0 bridgehead atoms. The highest BCUT2D eigenvalue weighted by Crippen LogP contribution is 2.36. The van der Waals surface area contributed by atoms with E-state index in [1.54, 1.807) is 22.4 Å². The minimum absolute atomic E-state index is 0.0239. The molecule has 204 valence electrons. The predicted molar refractivity (Wildman–Crippen MR) is 151 cm³/mol. The second-order valence-corrected chi connectivity index (χ2v) is 11.2. The van der Waals surface area contributed by atoms with Gasteiger partial charge >= 0.3 is 6.18 Å². The van der Waals surface area contributed by atoms with Gasteiger partial charge in [-0.25, -0.2) is 9.50 Å². The number of benzene rings is 2. The van der Waals surface area contributed by atoms with Crippen molar-refractivity contribution in [3.8, 4) is 10.6 Å². The van der Waals surface area contributed by atoms with Gasteiger partial charge in [0.2, 0.25) is 0 Å². The van der Waals surface area contributed by atoms with E-state index in [2.05, 4.69) is 55.2 Å². The summed E-state index contributed by atoms with van der Waals surface area (Å²) in [6, 6.07) is 24.9. The number of carbonyl (C=O) groups is 1. The molecule has 6 rings (SSSR count). The molecule has 0 saturated carbocycles. The molecule has 3 aromatic heterocycles. The number of fused-ring (bicyclic) bond motifs is 1. The van der Waals surface area contributed by atoms with Crippen molar-refractivity contribution >= 4 is 38.8 Å². The Labute approximate surface area is 240 Å². The lowest BCUT2D eigenvalue weighted by molar-refractivity contribution is -0.142. The number of aromatic nitrogens is 3. The van der Waals surface area contributed by atoms with E-state index in [0.29, 0.717) is 35.6 Å². The second kappa shape index (κ2) is 10.8. The van der Waals surface area contributed by atoms with Gasteiger partial charge in [0.15, 0.2) is 17.0 Å². The number of hydrogen-bond acceptors (Lipinski definition) is 5. The molecule has 5 aromatic rings. The maximum absolute atomic E-state index is 14.0. The van der Waals surface area contributed by atoms with Crippen LogP contribution >= 0.6 is 27.3 Å². The third kappa shape index (κ3) is 5.04. The van der Waals surface area contributed by atoms with Gasteiger partial charge in [0.1, 0.15) is 0 Å². The molecule has 0 spiro atoms. The van der Waals surface area contributed by atoms with Crippen LogP contribution in [-0.4, -0.2) is 56.5 Å².